The zero-order valence-electron chi connectivity index (χ0n) is 13.0. The summed E-state index contributed by atoms with van der Waals surface area (Å²) in [5.74, 6) is -1.33. The van der Waals surface area contributed by atoms with E-state index in [9.17, 15) is 19.8 Å². The maximum absolute atomic E-state index is 12.1. The number of hydrogen-bond donors (Lipinski definition) is 3. The number of aromatic nitrogens is 2. The highest BCUT2D eigenvalue weighted by molar-refractivity contribution is 8.22. The molecule has 0 bridgehead atoms. The maximum Gasteiger partial charge on any atom is 0.354 e. The first-order chi connectivity index (χ1) is 11.4. The Balaban J connectivity index is 1.66. The Morgan fingerprint density at radius 1 is 1.58 bits per heavy atom. The third kappa shape index (κ3) is 2.94. The molecular formula is C14H18N4O4S2. The summed E-state index contributed by atoms with van der Waals surface area (Å²) in [6.07, 6.45) is 2.76. The normalized spacial score (nSPS) is 24.1. The number of aliphatic hydroxyl groups is 1. The largest absolute Gasteiger partial charge is 0.477 e. The van der Waals surface area contributed by atoms with Crippen molar-refractivity contribution in [1.82, 2.24) is 14.5 Å². The van der Waals surface area contributed by atoms with Gasteiger partial charge >= 0.3 is 5.97 Å². The first-order valence-electron chi connectivity index (χ1n) is 7.43. The van der Waals surface area contributed by atoms with E-state index >= 15 is 0 Å². The van der Waals surface area contributed by atoms with E-state index in [-0.39, 0.29) is 17.0 Å². The molecule has 3 atom stereocenters. The van der Waals surface area contributed by atoms with Gasteiger partial charge in [-0.15, -0.1) is 11.8 Å². The summed E-state index contributed by atoms with van der Waals surface area (Å²) in [4.78, 5) is 29.1. The van der Waals surface area contributed by atoms with E-state index in [2.05, 4.69) is 4.98 Å². The van der Waals surface area contributed by atoms with E-state index in [0.717, 1.165) is 5.69 Å². The van der Waals surface area contributed by atoms with Crippen molar-refractivity contribution in [2.75, 3.05) is 5.75 Å². The molecule has 10 heteroatoms. The number of carboxylic acids is 1. The van der Waals surface area contributed by atoms with Crippen LogP contribution in [0.4, 0.5) is 0 Å². The molecule has 3 rings (SSSR count). The number of aryl methyl sites for hydroxylation is 1. The smallest absolute Gasteiger partial charge is 0.354 e. The number of carbonyl (C=O) groups is 2. The minimum Gasteiger partial charge on any atom is -0.477 e. The summed E-state index contributed by atoms with van der Waals surface area (Å²) in [6.45, 7) is 2.59. The number of amides is 1. The molecule has 130 valence electrons. The van der Waals surface area contributed by atoms with Gasteiger partial charge in [0.2, 0.25) is 5.91 Å². The van der Waals surface area contributed by atoms with Crippen molar-refractivity contribution in [1.29, 1.82) is 0 Å². The Kier molecular flexibility index (Phi) is 4.90. The number of aliphatic carboxylic acids is 1. The number of β-lactam (4-membered cyclic amide) rings is 1. The molecule has 24 heavy (non-hydrogen) atoms. The summed E-state index contributed by atoms with van der Waals surface area (Å²) in [5, 5.41) is 18.8. The molecule has 1 amide bonds. The second-order valence-corrected chi connectivity index (χ2v) is 8.07. The van der Waals surface area contributed by atoms with Crippen molar-refractivity contribution in [2.24, 2.45) is 11.7 Å². The zero-order chi connectivity index (χ0) is 17.4. The summed E-state index contributed by atoms with van der Waals surface area (Å²) in [6, 6.07) is 0. The van der Waals surface area contributed by atoms with Crippen LogP contribution in [0.3, 0.4) is 0 Å². The van der Waals surface area contributed by atoms with Crippen LogP contribution in [0.15, 0.2) is 22.5 Å². The van der Waals surface area contributed by atoms with Gasteiger partial charge in [-0.1, -0.05) is 11.8 Å². The number of hydrogen-bond acceptors (Lipinski definition) is 7. The van der Waals surface area contributed by atoms with Crippen LogP contribution in [0, 0.1) is 5.92 Å². The van der Waals surface area contributed by atoms with Gasteiger partial charge in [0, 0.05) is 25.0 Å². The Labute approximate surface area is 147 Å². The summed E-state index contributed by atoms with van der Waals surface area (Å²) in [5.41, 5.74) is 6.35. The Bertz CT molecular complexity index is 703. The molecule has 0 saturated carbocycles. The van der Waals surface area contributed by atoms with E-state index in [1.165, 1.54) is 28.4 Å². The average molecular weight is 370 g/mol. The van der Waals surface area contributed by atoms with Crippen molar-refractivity contribution in [3.05, 3.63) is 28.2 Å². The fourth-order valence-corrected chi connectivity index (χ4v) is 5.68. The van der Waals surface area contributed by atoms with Crippen LogP contribution in [-0.2, 0) is 22.7 Å². The Morgan fingerprint density at radius 2 is 2.33 bits per heavy atom. The topological polar surface area (TPSA) is 122 Å². The molecule has 3 heterocycles. The van der Waals surface area contributed by atoms with E-state index in [0.29, 0.717) is 23.1 Å². The lowest BCUT2D eigenvalue weighted by molar-refractivity contribution is -0.156. The van der Waals surface area contributed by atoms with Gasteiger partial charge < -0.3 is 20.5 Å². The third-order valence-corrected chi connectivity index (χ3v) is 6.58. The maximum atomic E-state index is 12.1. The minimum atomic E-state index is -1.11. The van der Waals surface area contributed by atoms with E-state index < -0.39 is 18.0 Å². The van der Waals surface area contributed by atoms with E-state index in [1.54, 1.807) is 13.3 Å². The highest BCUT2D eigenvalue weighted by Crippen LogP contribution is 2.53. The molecule has 1 unspecified atom stereocenters. The van der Waals surface area contributed by atoms with Crippen LogP contribution in [0.2, 0.25) is 0 Å². The standard InChI is InChI=1S/C14H18N4O4S2/c1-7(19)9-11(20)18-10(13(21)22)14(24-12(9)18)23-3-2-17-5-8(4-15)16-6-17/h5-7,9,12,19H,2-4,15H2,1H3,(H,21,22)/t7?,9-,12+/m0/s1. The highest BCUT2D eigenvalue weighted by Gasteiger charge is 2.57. The molecule has 0 aromatic carbocycles. The van der Waals surface area contributed by atoms with Crippen LogP contribution >= 0.6 is 23.5 Å². The molecule has 4 N–H and O–H groups in total. The van der Waals surface area contributed by atoms with Crippen molar-refractivity contribution in [2.45, 2.75) is 31.5 Å². The van der Waals surface area contributed by atoms with E-state index in [4.69, 9.17) is 5.73 Å². The van der Waals surface area contributed by atoms with Gasteiger partial charge in [0.25, 0.3) is 0 Å². The fourth-order valence-electron chi connectivity index (χ4n) is 2.73. The van der Waals surface area contributed by atoms with Gasteiger partial charge in [0.1, 0.15) is 5.37 Å². The van der Waals surface area contributed by atoms with Crippen LogP contribution in [-0.4, -0.2) is 53.8 Å². The predicted molar refractivity (Wildman–Crippen MR) is 90.6 cm³/mol. The second-order valence-electron chi connectivity index (χ2n) is 5.58. The van der Waals surface area contributed by atoms with Crippen LogP contribution in [0.5, 0.6) is 0 Å². The van der Waals surface area contributed by atoms with Gasteiger partial charge in [-0.25, -0.2) is 9.78 Å². The van der Waals surface area contributed by atoms with Gasteiger partial charge in [-0.3, -0.25) is 9.69 Å². The number of thioether (sulfide) groups is 2. The molecule has 1 saturated heterocycles. The van der Waals surface area contributed by atoms with Gasteiger partial charge in [0.05, 0.1) is 28.3 Å². The van der Waals surface area contributed by atoms with Crippen molar-refractivity contribution in [3.8, 4) is 0 Å². The SMILES string of the molecule is CC(O)[C@H]1C(=O)N2C(C(=O)O)=C(SCCn3cnc(CN)c3)S[C@H]12. The molecule has 0 aliphatic carbocycles. The Hall–Kier alpha value is -1.49. The second kappa shape index (κ2) is 6.79. The summed E-state index contributed by atoms with van der Waals surface area (Å²) < 4.78 is 2.51. The number of carbonyl (C=O) groups excluding carboxylic acids is 1. The van der Waals surface area contributed by atoms with E-state index in [1.807, 2.05) is 10.8 Å². The first-order valence-corrected chi connectivity index (χ1v) is 9.29. The number of carboxylic acid groups (broad SMARTS) is 1. The number of nitrogens with zero attached hydrogens (tertiary/aromatic N) is 3. The quantitative estimate of drug-likeness (QED) is 0.584. The van der Waals surface area contributed by atoms with Crippen molar-refractivity contribution < 1.29 is 19.8 Å². The monoisotopic (exact) mass is 370 g/mol. The zero-order valence-corrected chi connectivity index (χ0v) is 14.6. The number of nitrogens with two attached hydrogens (primary N) is 1. The molecule has 2 aliphatic rings. The van der Waals surface area contributed by atoms with Crippen LogP contribution in [0.1, 0.15) is 12.6 Å². The molecule has 1 aromatic rings. The number of fused-ring (bicyclic) bond motifs is 1. The number of rotatable bonds is 7. The molecule has 8 nitrogen and oxygen atoms in total. The number of imidazole rings is 1. The Morgan fingerprint density at radius 3 is 2.92 bits per heavy atom. The summed E-state index contributed by atoms with van der Waals surface area (Å²) in [7, 11) is 0. The lowest BCUT2D eigenvalue weighted by atomic mass is 9.92. The lowest BCUT2D eigenvalue weighted by Gasteiger charge is -2.43. The van der Waals surface area contributed by atoms with Crippen molar-refractivity contribution >= 4 is 35.4 Å². The molecule has 0 spiro atoms. The summed E-state index contributed by atoms with van der Waals surface area (Å²) >= 11 is 2.75. The van der Waals surface area contributed by atoms with Crippen LogP contribution < -0.4 is 5.73 Å². The molecular weight excluding hydrogens is 352 g/mol. The first kappa shape index (κ1) is 17.3. The van der Waals surface area contributed by atoms with Gasteiger partial charge in [-0.2, -0.15) is 0 Å². The fraction of sp³-hybridized carbons (Fsp3) is 0.500. The van der Waals surface area contributed by atoms with Gasteiger partial charge in [-0.05, 0) is 6.92 Å². The average Bonchev–Trinajstić information content (AvgIpc) is 3.09. The molecule has 2 aliphatic heterocycles. The van der Waals surface area contributed by atoms with Crippen LogP contribution in [0.25, 0.3) is 0 Å². The third-order valence-electron chi connectivity index (χ3n) is 3.95. The molecule has 0 radical (unpaired) electrons. The molecule has 1 fully saturated rings. The predicted octanol–water partition coefficient (Wildman–Crippen LogP) is 0.241. The van der Waals surface area contributed by atoms with Crippen molar-refractivity contribution in [3.63, 3.8) is 0 Å². The minimum absolute atomic E-state index is 0.0326. The number of aliphatic hydroxyl groups excluding tert-OH is 1. The van der Waals surface area contributed by atoms with Gasteiger partial charge in [0.15, 0.2) is 5.70 Å². The molecule has 1 aromatic heterocycles. The highest BCUT2D eigenvalue weighted by atomic mass is 32.2. The lowest BCUT2D eigenvalue weighted by Crippen LogP contribution is -2.60.